The van der Waals surface area contributed by atoms with Crippen LogP contribution in [0.2, 0.25) is 5.02 Å². The number of nitrogens with one attached hydrogen (secondary N) is 2. The van der Waals surface area contributed by atoms with Gasteiger partial charge >= 0.3 is 6.09 Å². The fraction of sp³-hybridized carbons (Fsp3) is 0.500. The highest BCUT2D eigenvalue weighted by Gasteiger charge is 2.48. The number of alkyl carbamates (subject to hydrolysis) is 1. The van der Waals surface area contributed by atoms with Crippen molar-refractivity contribution in [3.63, 3.8) is 0 Å². The minimum absolute atomic E-state index is 0.167. The lowest BCUT2D eigenvalue weighted by Gasteiger charge is -2.37. The summed E-state index contributed by atoms with van der Waals surface area (Å²) >= 11 is 6.21. The highest BCUT2D eigenvalue weighted by molar-refractivity contribution is 6.30. The Morgan fingerprint density at radius 2 is 1.92 bits per heavy atom. The molecule has 1 saturated heterocycles. The molecule has 3 amide bonds. The van der Waals surface area contributed by atoms with Gasteiger partial charge in [0.05, 0.1) is 0 Å². The number of aryl methyl sites for hydroxylation is 1. The zero-order valence-electron chi connectivity index (χ0n) is 22.1. The molecule has 1 aromatic heterocycles. The number of pyridine rings is 1. The number of halogens is 1. The van der Waals surface area contributed by atoms with Gasteiger partial charge in [0.2, 0.25) is 5.91 Å². The lowest BCUT2D eigenvalue weighted by atomic mass is 9.80. The third-order valence-corrected chi connectivity index (χ3v) is 7.14. The van der Waals surface area contributed by atoms with E-state index in [2.05, 4.69) is 15.6 Å². The number of ether oxygens (including phenoxy) is 1. The van der Waals surface area contributed by atoms with Crippen LogP contribution in [0.3, 0.4) is 0 Å². The molecule has 2 heterocycles. The van der Waals surface area contributed by atoms with Crippen molar-refractivity contribution in [2.75, 3.05) is 6.54 Å². The minimum atomic E-state index is -1.68. The van der Waals surface area contributed by atoms with Crippen LogP contribution < -0.4 is 10.6 Å². The zero-order chi connectivity index (χ0) is 27.5. The van der Waals surface area contributed by atoms with Gasteiger partial charge < -0.3 is 25.4 Å². The molecule has 2 aliphatic rings. The molecule has 1 aliphatic carbocycles. The van der Waals surface area contributed by atoms with E-state index < -0.39 is 29.2 Å². The molecule has 0 saturated carbocycles. The van der Waals surface area contributed by atoms with Crippen molar-refractivity contribution in [2.45, 2.75) is 83.2 Å². The number of amides is 3. The van der Waals surface area contributed by atoms with Gasteiger partial charge in [0.1, 0.15) is 11.6 Å². The van der Waals surface area contributed by atoms with Gasteiger partial charge in [0.15, 0.2) is 5.60 Å². The lowest BCUT2D eigenvalue weighted by molar-refractivity contribution is -0.157. The summed E-state index contributed by atoms with van der Waals surface area (Å²) in [4.78, 5) is 44.8. The Hall–Kier alpha value is -3.17. The third-order valence-electron chi connectivity index (χ3n) is 6.90. The Labute approximate surface area is 227 Å². The number of fused-ring (bicyclic) bond motifs is 1. The van der Waals surface area contributed by atoms with Crippen LogP contribution in [0.15, 0.2) is 36.5 Å². The summed E-state index contributed by atoms with van der Waals surface area (Å²) in [5, 5.41) is 17.6. The van der Waals surface area contributed by atoms with Crippen LogP contribution in [-0.4, -0.2) is 51.1 Å². The van der Waals surface area contributed by atoms with Crippen LogP contribution >= 0.6 is 11.6 Å². The summed E-state index contributed by atoms with van der Waals surface area (Å²) in [6, 6.07) is 8.02. The number of carbonyl (C=O) groups is 3. The standard InChI is InChI=1S/C28H35ClN4O5/c1-27(2,3)38-26(36)32-16-18-10-11-20(29)15-19(18)17-31-24(34)23-9-6-14-33(23)25(35)28(37)12-4-8-22-21(28)7-5-13-30-22/h5,7,10-11,13,15,23,37H,4,6,8-9,12,14,16-17H2,1-3H3,(H,31,34)(H,32,36)/t23-,28?/m0/s1. The van der Waals surface area contributed by atoms with Gasteiger partial charge in [-0.1, -0.05) is 23.7 Å². The van der Waals surface area contributed by atoms with Gasteiger partial charge in [-0.15, -0.1) is 0 Å². The van der Waals surface area contributed by atoms with Gasteiger partial charge in [-0.2, -0.15) is 0 Å². The first-order valence-corrected chi connectivity index (χ1v) is 13.4. The van der Waals surface area contributed by atoms with Gasteiger partial charge in [-0.05, 0) is 82.2 Å². The van der Waals surface area contributed by atoms with Crippen molar-refractivity contribution < 1.29 is 24.2 Å². The first-order chi connectivity index (χ1) is 18.0. The maximum Gasteiger partial charge on any atom is 0.407 e. The van der Waals surface area contributed by atoms with E-state index in [-0.39, 0.29) is 19.0 Å². The summed E-state index contributed by atoms with van der Waals surface area (Å²) < 4.78 is 5.30. The van der Waals surface area contributed by atoms with E-state index in [1.807, 2.05) is 0 Å². The Morgan fingerprint density at radius 3 is 2.68 bits per heavy atom. The van der Waals surface area contributed by atoms with E-state index in [1.165, 1.54) is 4.90 Å². The maximum atomic E-state index is 13.6. The molecule has 0 bridgehead atoms. The molecule has 2 aromatic rings. The predicted molar refractivity (Wildman–Crippen MR) is 142 cm³/mol. The van der Waals surface area contributed by atoms with Gasteiger partial charge in [-0.3, -0.25) is 14.6 Å². The van der Waals surface area contributed by atoms with Crippen molar-refractivity contribution in [3.8, 4) is 0 Å². The first kappa shape index (κ1) is 27.9. The topological polar surface area (TPSA) is 121 Å². The van der Waals surface area contributed by atoms with Crippen LogP contribution in [0.1, 0.15) is 68.8 Å². The average Bonchev–Trinajstić information content (AvgIpc) is 3.35. The van der Waals surface area contributed by atoms with Crippen molar-refractivity contribution in [1.29, 1.82) is 0 Å². The molecule has 204 valence electrons. The molecule has 9 nitrogen and oxygen atoms in total. The number of rotatable bonds is 6. The molecule has 2 atom stereocenters. The first-order valence-electron chi connectivity index (χ1n) is 13.0. The molecule has 1 unspecified atom stereocenters. The highest BCUT2D eigenvalue weighted by Crippen LogP contribution is 2.37. The largest absolute Gasteiger partial charge is 0.444 e. The summed E-state index contributed by atoms with van der Waals surface area (Å²) in [5.41, 5.74) is 0.475. The Balaban J connectivity index is 1.43. The molecule has 0 spiro atoms. The molecular formula is C28H35ClN4O5. The molecule has 38 heavy (non-hydrogen) atoms. The Morgan fingerprint density at radius 1 is 1.16 bits per heavy atom. The number of aliphatic hydroxyl groups is 1. The number of hydrogen-bond donors (Lipinski definition) is 3. The highest BCUT2D eigenvalue weighted by atomic mass is 35.5. The van der Waals surface area contributed by atoms with E-state index in [1.54, 1.807) is 57.3 Å². The van der Waals surface area contributed by atoms with Crippen molar-refractivity contribution in [3.05, 3.63) is 63.9 Å². The van der Waals surface area contributed by atoms with E-state index in [0.29, 0.717) is 49.2 Å². The number of likely N-dealkylation sites (tertiary alicyclic amines) is 1. The second-order valence-electron chi connectivity index (χ2n) is 10.9. The monoisotopic (exact) mass is 542 g/mol. The fourth-order valence-electron chi connectivity index (χ4n) is 5.12. The zero-order valence-corrected chi connectivity index (χ0v) is 22.8. The summed E-state index contributed by atoms with van der Waals surface area (Å²) in [7, 11) is 0. The molecule has 10 heteroatoms. The number of carbonyl (C=O) groups excluding carboxylic acids is 3. The molecule has 1 aliphatic heterocycles. The molecule has 1 fully saturated rings. The number of hydrogen-bond acceptors (Lipinski definition) is 6. The van der Waals surface area contributed by atoms with E-state index in [9.17, 15) is 19.5 Å². The van der Waals surface area contributed by atoms with E-state index in [4.69, 9.17) is 16.3 Å². The number of nitrogens with zero attached hydrogens (tertiary/aromatic N) is 2. The fourth-order valence-corrected chi connectivity index (χ4v) is 5.31. The van der Waals surface area contributed by atoms with E-state index >= 15 is 0 Å². The van der Waals surface area contributed by atoms with E-state index in [0.717, 1.165) is 16.8 Å². The SMILES string of the molecule is CC(C)(C)OC(=O)NCc1ccc(Cl)cc1CNC(=O)[C@@H]1CCCN1C(=O)C1(O)CCCc2ncccc21. The molecule has 3 N–H and O–H groups in total. The van der Waals surface area contributed by atoms with Crippen LogP contribution in [0.25, 0.3) is 0 Å². The quantitative estimate of drug-likeness (QED) is 0.513. The molecular weight excluding hydrogens is 508 g/mol. The average molecular weight is 543 g/mol. The Kier molecular flexibility index (Phi) is 8.28. The lowest BCUT2D eigenvalue weighted by Crippen LogP contribution is -2.54. The van der Waals surface area contributed by atoms with Gasteiger partial charge in [0.25, 0.3) is 5.91 Å². The normalized spacial score (nSPS) is 21.0. The minimum Gasteiger partial charge on any atom is -0.444 e. The summed E-state index contributed by atoms with van der Waals surface area (Å²) in [5.74, 6) is -0.748. The van der Waals surface area contributed by atoms with Gasteiger partial charge in [-0.25, -0.2) is 4.79 Å². The second kappa shape index (κ2) is 11.3. The Bertz CT molecular complexity index is 1210. The van der Waals surface area contributed by atoms with Crippen LogP contribution in [0, 0.1) is 0 Å². The summed E-state index contributed by atoms with van der Waals surface area (Å²) in [6.07, 6.45) is 3.95. The summed E-state index contributed by atoms with van der Waals surface area (Å²) in [6.45, 7) is 6.13. The third kappa shape index (κ3) is 6.27. The van der Waals surface area contributed by atoms with Gasteiger partial charge in [0, 0.05) is 42.1 Å². The van der Waals surface area contributed by atoms with Crippen molar-refractivity contribution in [1.82, 2.24) is 20.5 Å². The van der Waals surface area contributed by atoms with Crippen LogP contribution in [0.4, 0.5) is 4.79 Å². The molecule has 1 aromatic carbocycles. The number of aromatic nitrogens is 1. The maximum absolute atomic E-state index is 13.6. The second-order valence-corrected chi connectivity index (χ2v) is 11.3. The van der Waals surface area contributed by atoms with Crippen molar-refractivity contribution >= 4 is 29.5 Å². The van der Waals surface area contributed by atoms with Crippen LogP contribution in [0.5, 0.6) is 0 Å². The molecule has 0 radical (unpaired) electrons. The molecule has 4 rings (SSSR count). The number of benzene rings is 1. The van der Waals surface area contributed by atoms with Crippen LogP contribution in [-0.2, 0) is 39.4 Å². The van der Waals surface area contributed by atoms with Crippen molar-refractivity contribution in [2.24, 2.45) is 0 Å². The predicted octanol–water partition coefficient (Wildman–Crippen LogP) is 3.59. The smallest absolute Gasteiger partial charge is 0.407 e.